The number of nitrogens with two attached hydrogens (primary N) is 1. The van der Waals surface area contributed by atoms with Crippen LogP contribution in [-0.2, 0) is 34.7 Å². The van der Waals surface area contributed by atoms with Gasteiger partial charge in [0.25, 0.3) is 0 Å². The highest BCUT2D eigenvalue weighted by Gasteiger charge is 2.46. The number of fused-ring (bicyclic) bond motifs is 1. The molecule has 1 aliphatic heterocycles. The van der Waals surface area contributed by atoms with Crippen molar-refractivity contribution in [2.75, 3.05) is 19.5 Å². The summed E-state index contributed by atoms with van der Waals surface area (Å²) in [4.78, 5) is 28.0. The molecule has 0 spiro atoms. The Kier molecular flexibility index (Phi) is 9.96. The minimum atomic E-state index is -4.26. The van der Waals surface area contributed by atoms with E-state index in [1.807, 2.05) is 0 Å². The smallest absolute Gasteiger partial charge is 0.459 e. The first-order valence-corrected chi connectivity index (χ1v) is 14.4. The number of aliphatic hydroxyl groups excluding tert-OH is 1. The molecule has 42 heavy (non-hydrogen) atoms. The molecule has 4 N–H and O–H groups in total. The molecule has 4 rings (SSSR count). The van der Waals surface area contributed by atoms with Gasteiger partial charge in [0, 0.05) is 12.0 Å². The van der Waals surface area contributed by atoms with Crippen LogP contribution in [0.1, 0.15) is 32.7 Å². The fraction of sp³-hybridized carbons (Fsp3) is 0.500. The molecule has 1 saturated heterocycles. The number of nitrogen functional groups attached to an aromatic ring is 1. The summed E-state index contributed by atoms with van der Waals surface area (Å²) < 4.78 is 43.0. The standard InChI is InChI=1S/C24H32N9O8P/c1-13(2)39-23(35)14(3)31-42(36,41-15-8-6-5-7-9-15)38-11-17-20(34)19(30-32-26)22(40-17)33-12-27-18-16(10-37-4)28-24(25)29-21(18)33/h5-9,12-14,17,19-20,22,34H,10-11H2,1-4H3,(H,31,36)(H2,25,28,29)/t14-,17+,19+,20+,22+,42-/m0/s1. The maximum atomic E-state index is 13.8. The predicted molar refractivity (Wildman–Crippen MR) is 148 cm³/mol. The molecule has 0 aliphatic carbocycles. The molecule has 0 amide bonds. The first-order valence-electron chi connectivity index (χ1n) is 12.9. The fourth-order valence-electron chi connectivity index (χ4n) is 4.20. The number of esters is 1. The van der Waals surface area contributed by atoms with Crippen molar-refractivity contribution in [3.63, 3.8) is 0 Å². The van der Waals surface area contributed by atoms with Crippen LogP contribution >= 0.6 is 7.75 Å². The Hall–Kier alpha value is -3.82. The zero-order valence-corrected chi connectivity index (χ0v) is 24.2. The predicted octanol–water partition coefficient (Wildman–Crippen LogP) is 2.63. The Bertz CT molecular complexity index is 1480. The van der Waals surface area contributed by atoms with Crippen molar-refractivity contribution >= 4 is 30.8 Å². The number of aromatic nitrogens is 4. The summed E-state index contributed by atoms with van der Waals surface area (Å²) in [7, 11) is -2.78. The van der Waals surface area contributed by atoms with Crippen LogP contribution in [0.5, 0.6) is 5.75 Å². The number of nitrogens with one attached hydrogen (secondary N) is 1. The lowest BCUT2D eigenvalue weighted by atomic mass is 10.1. The lowest BCUT2D eigenvalue weighted by molar-refractivity contribution is -0.149. The molecule has 18 heteroatoms. The third kappa shape index (κ3) is 7.14. The molecule has 0 bridgehead atoms. The monoisotopic (exact) mass is 605 g/mol. The number of anilines is 1. The van der Waals surface area contributed by atoms with Gasteiger partial charge in [0.2, 0.25) is 5.95 Å². The van der Waals surface area contributed by atoms with Gasteiger partial charge in [0.1, 0.15) is 35.7 Å². The SMILES string of the molecule is COCc1nc(N)nc2c1ncn2[C@@H]1O[C@H](CO[P@@](=O)(N[C@@H](C)C(=O)OC(C)C)Oc2ccccc2)[C@@H](O)[C@H]1N=[N+]=[N-]. The van der Waals surface area contributed by atoms with Crippen molar-refractivity contribution in [1.29, 1.82) is 0 Å². The fourth-order valence-corrected chi connectivity index (χ4v) is 5.71. The van der Waals surface area contributed by atoms with Crippen LogP contribution in [0.25, 0.3) is 21.6 Å². The molecular weight excluding hydrogens is 573 g/mol. The number of benzene rings is 1. The van der Waals surface area contributed by atoms with Gasteiger partial charge in [-0.05, 0) is 38.4 Å². The van der Waals surface area contributed by atoms with Gasteiger partial charge in [-0.3, -0.25) is 13.9 Å². The summed E-state index contributed by atoms with van der Waals surface area (Å²) in [5.41, 5.74) is 16.1. The zero-order chi connectivity index (χ0) is 30.4. The first kappa shape index (κ1) is 31.1. The number of methoxy groups -OCH3 is 1. The van der Waals surface area contributed by atoms with Crippen molar-refractivity contribution in [1.82, 2.24) is 24.6 Å². The molecule has 0 unspecified atom stereocenters. The molecular formula is C24H32N9O8P. The number of para-hydroxylation sites is 1. The molecule has 6 atom stereocenters. The molecule has 2 aromatic heterocycles. The molecule has 3 aromatic rings. The minimum Gasteiger partial charge on any atom is -0.462 e. The Labute approximate surface area is 240 Å². The van der Waals surface area contributed by atoms with Gasteiger partial charge in [-0.25, -0.2) is 14.5 Å². The second kappa shape index (κ2) is 13.4. The van der Waals surface area contributed by atoms with Crippen molar-refractivity contribution in [2.45, 2.75) is 64.0 Å². The number of hydrogen-bond donors (Lipinski definition) is 3. The number of ether oxygens (including phenoxy) is 3. The van der Waals surface area contributed by atoms with Crippen LogP contribution in [0.4, 0.5) is 5.95 Å². The van der Waals surface area contributed by atoms with E-state index in [2.05, 4.69) is 30.1 Å². The summed E-state index contributed by atoms with van der Waals surface area (Å²) in [5.74, 6) is -0.526. The van der Waals surface area contributed by atoms with Crippen LogP contribution in [0.15, 0.2) is 41.8 Å². The first-order chi connectivity index (χ1) is 20.0. The van der Waals surface area contributed by atoms with Crippen molar-refractivity contribution in [3.8, 4) is 5.75 Å². The van der Waals surface area contributed by atoms with E-state index in [4.69, 9.17) is 29.0 Å². The summed E-state index contributed by atoms with van der Waals surface area (Å²) in [5, 5.41) is 17.3. The summed E-state index contributed by atoms with van der Waals surface area (Å²) >= 11 is 0. The number of aliphatic hydroxyl groups is 1. The van der Waals surface area contributed by atoms with Gasteiger partial charge in [-0.1, -0.05) is 23.3 Å². The van der Waals surface area contributed by atoms with E-state index in [9.17, 15) is 20.0 Å². The second-order valence-corrected chi connectivity index (χ2v) is 11.3. The summed E-state index contributed by atoms with van der Waals surface area (Å²) in [6.07, 6.45) is -2.69. The molecule has 17 nitrogen and oxygen atoms in total. The average Bonchev–Trinajstić information content (AvgIpc) is 3.48. The number of carbonyl (C=O) groups excluding carboxylic acids is 1. The van der Waals surface area contributed by atoms with E-state index in [-0.39, 0.29) is 24.0 Å². The van der Waals surface area contributed by atoms with Gasteiger partial charge in [0.15, 0.2) is 5.65 Å². The largest absolute Gasteiger partial charge is 0.462 e. The quantitative estimate of drug-likeness (QED) is 0.0837. The van der Waals surface area contributed by atoms with E-state index in [1.165, 1.54) is 24.9 Å². The normalized spacial score (nSPS) is 22.4. The second-order valence-electron chi connectivity index (χ2n) is 9.57. The van der Waals surface area contributed by atoms with Gasteiger partial charge >= 0.3 is 13.7 Å². The third-order valence-electron chi connectivity index (χ3n) is 6.02. The molecule has 226 valence electrons. The molecule has 0 radical (unpaired) electrons. The number of imidazole rings is 1. The molecule has 3 heterocycles. The summed E-state index contributed by atoms with van der Waals surface area (Å²) in [6.45, 7) is 4.42. The van der Waals surface area contributed by atoms with Gasteiger partial charge < -0.3 is 29.6 Å². The highest BCUT2D eigenvalue weighted by atomic mass is 31.2. The Morgan fingerprint density at radius 1 is 1.31 bits per heavy atom. The van der Waals surface area contributed by atoms with Crippen LogP contribution in [0.2, 0.25) is 0 Å². The zero-order valence-electron chi connectivity index (χ0n) is 23.3. The van der Waals surface area contributed by atoms with E-state index in [0.717, 1.165) is 0 Å². The van der Waals surface area contributed by atoms with E-state index in [1.54, 1.807) is 44.2 Å². The van der Waals surface area contributed by atoms with Crippen LogP contribution in [0, 0.1) is 0 Å². The lowest BCUT2D eigenvalue weighted by Gasteiger charge is -2.25. The van der Waals surface area contributed by atoms with Crippen LogP contribution in [0.3, 0.4) is 0 Å². The highest BCUT2D eigenvalue weighted by molar-refractivity contribution is 7.52. The summed E-state index contributed by atoms with van der Waals surface area (Å²) in [6, 6.07) is 5.94. The minimum absolute atomic E-state index is 0.0507. The van der Waals surface area contributed by atoms with Crippen LogP contribution < -0.4 is 15.3 Å². The highest BCUT2D eigenvalue weighted by Crippen LogP contribution is 2.46. The van der Waals surface area contributed by atoms with Gasteiger partial charge in [-0.15, -0.1) is 0 Å². The molecule has 0 saturated carbocycles. The topological polar surface area (TPSA) is 231 Å². The molecule has 1 fully saturated rings. The van der Waals surface area contributed by atoms with Gasteiger partial charge in [0.05, 0.1) is 37.4 Å². The number of carbonyl (C=O) groups is 1. The third-order valence-corrected chi connectivity index (χ3v) is 7.67. The van der Waals surface area contributed by atoms with E-state index in [0.29, 0.717) is 11.2 Å². The maximum absolute atomic E-state index is 13.8. The number of hydrogen-bond acceptors (Lipinski definition) is 13. The number of nitrogens with zero attached hydrogens (tertiary/aromatic N) is 7. The Morgan fingerprint density at radius 2 is 2.05 bits per heavy atom. The Balaban J connectivity index is 1.58. The van der Waals surface area contributed by atoms with E-state index >= 15 is 0 Å². The van der Waals surface area contributed by atoms with Crippen LogP contribution in [-0.4, -0.2) is 74.7 Å². The molecule has 1 aliphatic rings. The Morgan fingerprint density at radius 3 is 2.71 bits per heavy atom. The van der Waals surface area contributed by atoms with Crippen molar-refractivity contribution < 1.29 is 37.7 Å². The van der Waals surface area contributed by atoms with Crippen molar-refractivity contribution in [3.05, 3.63) is 52.8 Å². The van der Waals surface area contributed by atoms with E-state index < -0.39 is 56.9 Å². The maximum Gasteiger partial charge on any atom is 0.459 e. The lowest BCUT2D eigenvalue weighted by Crippen LogP contribution is -2.37. The average molecular weight is 606 g/mol. The number of azide groups is 1. The van der Waals surface area contributed by atoms with Crippen molar-refractivity contribution in [2.24, 2.45) is 5.11 Å². The van der Waals surface area contributed by atoms with Gasteiger partial charge in [-0.2, -0.15) is 10.1 Å². The number of rotatable bonds is 13. The molecule has 1 aromatic carbocycles.